The summed E-state index contributed by atoms with van der Waals surface area (Å²) >= 11 is 0. The van der Waals surface area contributed by atoms with E-state index in [4.69, 9.17) is 5.11 Å². The number of unbranched alkanes of at least 4 members (excludes halogenated alkanes) is 2. The van der Waals surface area contributed by atoms with Gasteiger partial charge in [-0.15, -0.1) is 0 Å². The van der Waals surface area contributed by atoms with E-state index < -0.39 is 23.8 Å². The number of carbonyl (C=O) groups is 2. The van der Waals surface area contributed by atoms with Crippen molar-refractivity contribution in [1.82, 2.24) is 0 Å². The van der Waals surface area contributed by atoms with Gasteiger partial charge in [0.25, 0.3) is 0 Å². The van der Waals surface area contributed by atoms with Crippen LogP contribution in [0.5, 0.6) is 0 Å². The topological polar surface area (TPSA) is 97.7 Å². The Bertz CT molecular complexity index is 378. The van der Waals surface area contributed by atoms with E-state index in [2.05, 4.69) is 13.0 Å². The Morgan fingerprint density at radius 1 is 1.12 bits per heavy atom. The molecule has 0 bridgehead atoms. The molecule has 0 rings (SSSR count). The predicted molar refractivity (Wildman–Crippen MR) is 86.2 cm³/mol. The normalized spacial score (nSPS) is 16.2. The Balaban J connectivity index is 0. The minimum atomic E-state index is -1.18. The minimum absolute atomic E-state index is 0. The van der Waals surface area contributed by atoms with Crippen molar-refractivity contribution in [2.75, 3.05) is 26.4 Å². The summed E-state index contributed by atoms with van der Waals surface area (Å²) in [5.74, 6) is -3.52. The van der Waals surface area contributed by atoms with Gasteiger partial charge in [-0.05, 0) is 13.3 Å². The number of aliphatic hydroxyl groups excluding tert-OH is 1. The van der Waals surface area contributed by atoms with Gasteiger partial charge in [0.15, 0.2) is 6.73 Å². The third kappa shape index (κ3) is 11.0. The van der Waals surface area contributed by atoms with Gasteiger partial charge < -0.3 is 20.1 Å². The molecule has 0 aromatic heterocycles. The van der Waals surface area contributed by atoms with Gasteiger partial charge in [-0.2, -0.15) is 0 Å². The maximum atomic E-state index is 11.1. The molecule has 0 fully saturated rings. The number of aliphatic carboxylic acids is 2. The van der Waals surface area contributed by atoms with E-state index in [0.29, 0.717) is 13.0 Å². The summed E-state index contributed by atoms with van der Waals surface area (Å²) < 4.78 is 0.0563. The number of quaternary nitrogens is 1. The third-order valence-corrected chi connectivity index (χ3v) is 4.11. The Kier molecular flexibility index (Phi) is 15.9. The molecule has 7 heteroatoms. The number of aliphatic hydroxyl groups is 1. The van der Waals surface area contributed by atoms with Crippen LogP contribution in [0.4, 0.5) is 0 Å². The Hall–Kier alpha value is 0.236. The average Bonchev–Trinajstić information content (AvgIpc) is 2.50. The number of carbonyl (C=O) groups excluding carboxylic acids is 1. The molecular weight excluding hydrogens is 337 g/mol. The molecular formula is C17H31KNO5+. The summed E-state index contributed by atoms with van der Waals surface area (Å²) in [7, 11) is 0. The van der Waals surface area contributed by atoms with E-state index >= 15 is 0 Å². The van der Waals surface area contributed by atoms with Crippen molar-refractivity contribution in [3.8, 4) is 0 Å². The number of carboxylic acids is 2. The summed E-state index contributed by atoms with van der Waals surface area (Å²) in [5, 5.41) is 30.0. The first-order chi connectivity index (χ1) is 10.8. The molecule has 24 heavy (non-hydrogen) atoms. The van der Waals surface area contributed by atoms with Gasteiger partial charge in [0, 0.05) is 18.3 Å². The fraction of sp³-hybridized carbons (Fsp3) is 0.765. The standard InChI is InChI=1S/C17H31NO5.K/c1-4-5-6-7-8-9-10-18(13-19,11-14(2)16(20)21)12-15(3)17(22)23;/h7-8,14-15,19H,4-6,9-13H2,1-3H3,(H-,20,21,22,23);/q;+1/b8-7+;. The van der Waals surface area contributed by atoms with Gasteiger partial charge in [-0.3, -0.25) is 9.28 Å². The predicted octanol–water partition coefficient (Wildman–Crippen LogP) is -2.00. The van der Waals surface area contributed by atoms with Crippen LogP contribution in [0, 0.1) is 11.8 Å². The molecule has 0 aliphatic carbocycles. The van der Waals surface area contributed by atoms with Crippen LogP contribution < -0.4 is 56.5 Å². The van der Waals surface area contributed by atoms with Crippen LogP contribution in [-0.4, -0.2) is 53.0 Å². The van der Waals surface area contributed by atoms with E-state index in [1.807, 2.05) is 6.08 Å². The Morgan fingerprint density at radius 2 is 1.67 bits per heavy atom. The van der Waals surface area contributed by atoms with Crippen molar-refractivity contribution < 1.29 is 80.8 Å². The third-order valence-electron chi connectivity index (χ3n) is 4.11. The molecule has 0 aromatic rings. The van der Waals surface area contributed by atoms with Crippen LogP contribution in [0.15, 0.2) is 12.2 Å². The summed E-state index contributed by atoms with van der Waals surface area (Å²) in [6, 6.07) is 0. The van der Waals surface area contributed by atoms with Crippen molar-refractivity contribution in [1.29, 1.82) is 0 Å². The largest absolute Gasteiger partial charge is 1.00 e. The van der Waals surface area contributed by atoms with Crippen molar-refractivity contribution in [3.05, 3.63) is 12.2 Å². The average molecular weight is 369 g/mol. The second-order valence-corrected chi connectivity index (χ2v) is 6.43. The van der Waals surface area contributed by atoms with Crippen LogP contribution in [0.25, 0.3) is 0 Å². The van der Waals surface area contributed by atoms with Crippen LogP contribution in [0.2, 0.25) is 0 Å². The zero-order chi connectivity index (χ0) is 17.9. The van der Waals surface area contributed by atoms with E-state index in [1.54, 1.807) is 6.92 Å². The number of nitrogens with zero attached hydrogens (tertiary/aromatic N) is 1. The minimum Gasteiger partial charge on any atom is -0.550 e. The van der Waals surface area contributed by atoms with E-state index in [0.717, 1.165) is 19.3 Å². The SMILES string of the molecule is CCCC/C=C/CC[N+](CO)(CC(C)C(=O)[O-])CC(C)C(=O)O.[K+]. The van der Waals surface area contributed by atoms with Crippen LogP contribution in [0.3, 0.4) is 0 Å². The Morgan fingerprint density at radius 3 is 2.12 bits per heavy atom. The fourth-order valence-corrected chi connectivity index (χ4v) is 2.66. The van der Waals surface area contributed by atoms with Crippen LogP contribution in [-0.2, 0) is 9.59 Å². The van der Waals surface area contributed by atoms with Gasteiger partial charge in [-0.25, -0.2) is 0 Å². The number of carboxylic acid groups (broad SMARTS) is 2. The quantitative estimate of drug-likeness (QED) is 0.129. The molecule has 0 saturated heterocycles. The number of hydrogen-bond donors (Lipinski definition) is 2. The van der Waals surface area contributed by atoms with Gasteiger partial charge in [-0.1, -0.05) is 38.8 Å². The first-order valence-corrected chi connectivity index (χ1v) is 8.32. The summed E-state index contributed by atoms with van der Waals surface area (Å²) in [4.78, 5) is 22.2. The molecule has 134 valence electrons. The van der Waals surface area contributed by atoms with Gasteiger partial charge in [0.2, 0.25) is 0 Å². The van der Waals surface area contributed by atoms with E-state index in [1.165, 1.54) is 6.92 Å². The molecule has 0 amide bonds. The summed E-state index contributed by atoms with van der Waals surface area (Å²) in [6.45, 7) is 5.82. The van der Waals surface area contributed by atoms with Gasteiger partial charge in [0.1, 0.15) is 5.92 Å². The van der Waals surface area contributed by atoms with E-state index in [9.17, 15) is 19.8 Å². The Labute approximate surface area is 187 Å². The molecule has 0 aliphatic rings. The van der Waals surface area contributed by atoms with Crippen LogP contribution >= 0.6 is 0 Å². The molecule has 3 unspecified atom stereocenters. The molecule has 0 spiro atoms. The first kappa shape index (κ1) is 26.5. The molecule has 2 N–H and O–H groups in total. The second kappa shape index (κ2) is 14.4. The van der Waals surface area contributed by atoms with Crippen LogP contribution in [0.1, 0.15) is 46.5 Å². The second-order valence-electron chi connectivity index (χ2n) is 6.43. The zero-order valence-corrected chi connectivity index (χ0v) is 18.7. The van der Waals surface area contributed by atoms with Crippen molar-refractivity contribution in [3.63, 3.8) is 0 Å². The molecule has 3 atom stereocenters. The molecule has 6 nitrogen and oxygen atoms in total. The van der Waals surface area contributed by atoms with Gasteiger partial charge in [0.05, 0.1) is 19.6 Å². The number of hydrogen-bond acceptors (Lipinski definition) is 4. The maximum Gasteiger partial charge on any atom is 1.00 e. The van der Waals surface area contributed by atoms with Crippen molar-refractivity contribution in [2.24, 2.45) is 11.8 Å². The molecule has 0 aromatic carbocycles. The maximum absolute atomic E-state index is 11.1. The van der Waals surface area contributed by atoms with Crippen molar-refractivity contribution in [2.45, 2.75) is 46.5 Å². The van der Waals surface area contributed by atoms with Gasteiger partial charge >= 0.3 is 57.4 Å². The van der Waals surface area contributed by atoms with Crippen molar-refractivity contribution >= 4 is 11.9 Å². The number of allylic oxidation sites excluding steroid dienone is 1. The zero-order valence-electron chi connectivity index (χ0n) is 15.5. The monoisotopic (exact) mass is 368 g/mol. The summed E-state index contributed by atoms with van der Waals surface area (Å²) in [5.41, 5.74) is 0. The van der Waals surface area contributed by atoms with E-state index in [-0.39, 0.29) is 75.7 Å². The summed E-state index contributed by atoms with van der Waals surface area (Å²) in [6.07, 6.45) is 8.02. The molecule has 0 radical (unpaired) electrons. The fourth-order valence-electron chi connectivity index (χ4n) is 2.66. The molecule has 0 aliphatic heterocycles. The smallest absolute Gasteiger partial charge is 0.550 e. The number of rotatable bonds is 13. The molecule has 0 heterocycles. The first-order valence-electron chi connectivity index (χ1n) is 8.32. The molecule has 0 saturated carbocycles.